The molecule has 0 aliphatic carbocycles. The zero-order valence-electron chi connectivity index (χ0n) is 17.5. The van der Waals surface area contributed by atoms with Gasteiger partial charge in [0.25, 0.3) is 0 Å². The number of benzene rings is 1. The van der Waals surface area contributed by atoms with Crippen LogP contribution in [0.2, 0.25) is 0 Å². The van der Waals surface area contributed by atoms with Crippen LogP contribution in [0, 0.1) is 16.0 Å². The summed E-state index contributed by atoms with van der Waals surface area (Å²) in [5.74, 6) is -0.340. The molecule has 0 radical (unpaired) electrons. The number of ether oxygens (including phenoxy) is 5. The predicted molar refractivity (Wildman–Crippen MR) is 106 cm³/mol. The molecule has 1 aromatic carbocycles. The molecule has 0 aliphatic rings. The topological polar surface area (TPSA) is 106 Å². The summed E-state index contributed by atoms with van der Waals surface area (Å²) in [6.07, 6.45) is 4.15. The molecule has 0 N–H and O–H groups in total. The Hall–Kier alpha value is -2.91. The van der Waals surface area contributed by atoms with Gasteiger partial charge < -0.3 is 23.7 Å². The van der Waals surface area contributed by atoms with E-state index in [0.717, 1.165) is 5.57 Å². The predicted octanol–water partition coefficient (Wildman–Crippen LogP) is 3.59. The average Bonchev–Trinajstić information content (AvgIpc) is 2.71. The number of rotatable bonds is 11. The number of nitrogens with zero attached hydrogens (tertiary/aromatic N) is 1. The molecule has 0 unspecified atom stereocenters. The van der Waals surface area contributed by atoms with Crippen LogP contribution >= 0.6 is 0 Å². The summed E-state index contributed by atoms with van der Waals surface area (Å²) in [4.78, 5) is 22.2. The maximum Gasteiger partial charge on any atom is 0.330 e. The van der Waals surface area contributed by atoms with Crippen LogP contribution in [0.25, 0.3) is 0 Å². The molecule has 0 fully saturated rings. The van der Waals surface area contributed by atoms with Crippen LogP contribution in [0.1, 0.15) is 25.5 Å². The Kier molecular flexibility index (Phi) is 9.84. The van der Waals surface area contributed by atoms with E-state index in [1.54, 1.807) is 12.1 Å². The van der Waals surface area contributed by atoms with Gasteiger partial charge in [-0.3, -0.25) is 10.1 Å². The van der Waals surface area contributed by atoms with Crippen LogP contribution in [0.5, 0.6) is 11.5 Å². The molecule has 9 nitrogen and oxygen atoms in total. The molecule has 160 valence electrons. The lowest BCUT2D eigenvalue weighted by Crippen LogP contribution is -2.16. The average molecular weight is 409 g/mol. The summed E-state index contributed by atoms with van der Waals surface area (Å²) in [7, 11) is 5.56. The Morgan fingerprint density at radius 2 is 1.86 bits per heavy atom. The third-order valence-electron chi connectivity index (χ3n) is 4.07. The zero-order chi connectivity index (χ0) is 22.0. The number of allylic oxidation sites excluding steroid dienone is 2. The van der Waals surface area contributed by atoms with Crippen molar-refractivity contribution in [3.8, 4) is 11.5 Å². The molecular weight excluding hydrogens is 382 g/mol. The van der Waals surface area contributed by atoms with Crippen molar-refractivity contribution in [1.29, 1.82) is 0 Å². The van der Waals surface area contributed by atoms with E-state index in [1.165, 1.54) is 40.6 Å². The van der Waals surface area contributed by atoms with Gasteiger partial charge in [-0.25, -0.2) is 4.79 Å². The molecule has 0 spiro atoms. The number of carbonyl (C=O) groups is 1. The van der Waals surface area contributed by atoms with E-state index in [9.17, 15) is 14.9 Å². The van der Waals surface area contributed by atoms with Crippen molar-refractivity contribution in [2.24, 2.45) is 5.92 Å². The zero-order valence-corrected chi connectivity index (χ0v) is 17.5. The van der Waals surface area contributed by atoms with Gasteiger partial charge in [-0.15, -0.1) is 0 Å². The highest BCUT2D eigenvalue weighted by molar-refractivity contribution is 5.82. The first-order valence-electron chi connectivity index (χ1n) is 8.74. The molecule has 0 heterocycles. The Labute approximate surface area is 170 Å². The van der Waals surface area contributed by atoms with Crippen molar-refractivity contribution < 1.29 is 33.4 Å². The molecule has 0 bridgehead atoms. The number of methoxy groups -OCH3 is 4. The maximum absolute atomic E-state index is 11.5. The van der Waals surface area contributed by atoms with Gasteiger partial charge >= 0.3 is 11.7 Å². The summed E-state index contributed by atoms with van der Waals surface area (Å²) >= 11 is 0. The molecule has 0 saturated heterocycles. The lowest BCUT2D eigenvalue weighted by molar-refractivity contribution is -0.385. The fourth-order valence-electron chi connectivity index (χ4n) is 2.79. The van der Waals surface area contributed by atoms with Gasteiger partial charge in [-0.2, -0.15) is 0 Å². The number of nitro benzene ring substituents is 1. The third-order valence-corrected chi connectivity index (χ3v) is 4.07. The second-order valence-corrected chi connectivity index (χ2v) is 6.15. The van der Waals surface area contributed by atoms with Gasteiger partial charge in [0, 0.05) is 24.7 Å². The second-order valence-electron chi connectivity index (χ2n) is 6.15. The minimum atomic E-state index is -0.639. The molecule has 1 rings (SSSR count). The Morgan fingerprint density at radius 3 is 2.38 bits per heavy atom. The molecule has 0 saturated carbocycles. The first-order chi connectivity index (χ1) is 13.8. The van der Waals surface area contributed by atoms with E-state index in [-0.39, 0.29) is 24.1 Å². The van der Waals surface area contributed by atoms with Crippen molar-refractivity contribution in [1.82, 2.24) is 0 Å². The van der Waals surface area contributed by atoms with Gasteiger partial charge in [0.05, 0.1) is 38.4 Å². The first kappa shape index (κ1) is 24.1. The lowest BCUT2D eigenvalue weighted by Gasteiger charge is -2.25. The van der Waals surface area contributed by atoms with Crippen LogP contribution in [0.15, 0.2) is 35.9 Å². The normalized spacial score (nSPS) is 13.8. The first-order valence-corrected chi connectivity index (χ1v) is 8.74. The Bertz CT molecular complexity index is 772. The van der Waals surface area contributed by atoms with Crippen LogP contribution < -0.4 is 9.47 Å². The van der Waals surface area contributed by atoms with E-state index in [0.29, 0.717) is 11.3 Å². The minimum Gasteiger partial charge on any atom is -0.496 e. The smallest absolute Gasteiger partial charge is 0.330 e. The Balaban J connectivity index is 3.43. The molecule has 0 aliphatic heterocycles. The summed E-state index contributed by atoms with van der Waals surface area (Å²) in [6.45, 7) is 3.66. The summed E-state index contributed by atoms with van der Waals surface area (Å²) in [5, 5.41) is 11.5. The van der Waals surface area contributed by atoms with Crippen LogP contribution in [0.3, 0.4) is 0 Å². The summed E-state index contributed by atoms with van der Waals surface area (Å²) in [5.41, 5.74) is 1.00. The summed E-state index contributed by atoms with van der Waals surface area (Å²) < 4.78 is 26.0. The van der Waals surface area contributed by atoms with Crippen molar-refractivity contribution >= 4 is 11.7 Å². The monoisotopic (exact) mass is 409 g/mol. The van der Waals surface area contributed by atoms with Crippen LogP contribution in [-0.4, -0.2) is 46.1 Å². The highest BCUT2D eigenvalue weighted by atomic mass is 16.7. The molecule has 0 amide bonds. The molecule has 2 atom stereocenters. The lowest BCUT2D eigenvalue weighted by atomic mass is 9.93. The van der Waals surface area contributed by atoms with Gasteiger partial charge in [0.1, 0.15) is 12.5 Å². The number of esters is 1. The standard InChI is InChI=1S/C20H27NO8/c1-13(7-8-18(22)27-5)9-14(2)19(29-12-25-3)16-10-15(26-4)11-17(21(23)24)20(16)28-6/h7-11,14,19H,12H2,1-6H3/b8-7+,13-9+/t14-,19+/m0/s1. The van der Waals surface area contributed by atoms with Gasteiger partial charge in [-0.05, 0) is 13.0 Å². The van der Waals surface area contributed by atoms with Crippen molar-refractivity contribution in [3.63, 3.8) is 0 Å². The number of carbonyl (C=O) groups excluding carboxylic acids is 1. The highest BCUT2D eigenvalue weighted by Crippen LogP contribution is 2.42. The van der Waals surface area contributed by atoms with E-state index < -0.39 is 17.0 Å². The van der Waals surface area contributed by atoms with Gasteiger partial charge in [0.2, 0.25) is 5.75 Å². The van der Waals surface area contributed by atoms with E-state index >= 15 is 0 Å². The molecule has 29 heavy (non-hydrogen) atoms. The van der Waals surface area contributed by atoms with E-state index in [1.807, 2.05) is 19.9 Å². The van der Waals surface area contributed by atoms with E-state index in [2.05, 4.69) is 4.74 Å². The van der Waals surface area contributed by atoms with Gasteiger partial charge in [0.15, 0.2) is 0 Å². The maximum atomic E-state index is 11.5. The number of hydrogen-bond donors (Lipinski definition) is 0. The molecule has 0 aromatic heterocycles. The fraction of sp³-hybridized carbons (Fsp3) is 0.450. The van der Waals surface area contributed by atoms with Crippen molar-refractivity contribution in [3.05, 3.63) is 51.6 Å². The van der Waals surface area contributed by atoms with Crippen molar-refractivity contribution in [2.45, 2.75) is 20.0 Å². The van der Waals surface area contributed by atoms with Crippen LogP contribution in [0.4, 0.5) is 5.69 Å². The molecular formula is C20H27NO8. The minimum absolute atomic E-state index is 0.0337. The molecule has 9 heteroatoms. The highest BCUT2D eigenvalue weighted by Gasteiger charge is 2.29. The van der Waals surface area contributed by atoms with E-state index in [4.69, 9.17) is 18.9 Å². The summed E-state index contributed by atoms with van der Waals surface area (Å²) in [6, 6.07) is 2.93. The second kappa shape index (κ2) is 11.8. The SMILES string of the molecule is COCO[C@@H](c1cc(OC)cc([N+](=O)[O-])c1OC)[C@@H](C)/C=C(C)/C=C/C(=O)OC. The third kappa shape index (κ3) is 6.88. The van der Waals surface area contributed by atoms with Gasteiger partial charge in [-0.1, -0.05) is 24.6 Å². The largest absolute Gasteiger partial charge is 0.496 e. The molecule has 1 aromatic rings. The number of hydrogen-bond acceptors (Lipinski definition) is 8. The van der Waals surface area contributed by atoms with Crippen LogP contribution in [-0.2, 0) is 19.0 Å². The number of nitro groups is 1. The van der Waals surface area contributed by atoms with Crippen molar-refractivity contribution in [2.75, 3.05) is 35.2 Å². The quantitative estimate of drug-likeness (QED) is 0.136. The fourth-order valence-corrected chi connectivity index (χ4v) is 2.79. The Morgan fingerprint density at radius 1 is 1.17 bits per heavy atom.